The first-order chi connectivity index (χ1) is 14.9. The Hall–Kier alpha value is -2.35. The summed E-state index contributed by atoms with van der Waals surface area (Å²) in [5.41, 5.74) is 6.70. The van der Waals surface area contributed by atoms with E-state index in [1.807, 2.05) is 0 Å². The zero-order chi connectivity index (χ0) is 21.8. The highest BCUT2D eigenvalue weighted by molar-refractivity contribution is 5.57. The third-order valence-corrected chi connectivity index (χ3v) is 6.56. The summed E-state index contributed by atoms with van der Waals surface area (Å²) in [5.74, 6) is 1.77. The van der Waals surface area contributed by atoms with Crippen molar-refractivity contribution in [2.24, 2.45) is 5.92 Å². The fraction of sp³-hybridized carbons (Fsp3) is 0.565. The van der Waals surface area contributed by atoms with Gasteiger partial charge in [-0.2, -0.15) is 18.2 Å². The number of likely N-dealkylation sites (tertiary alicyclic amines) is 1. The van der Waals surface area contributed by atoms with Crippen LogP contribution in [-0.2, 0) is 6.18 Å². The molecule has 2 fully saturated rings. The van der Waals surface area contributed by atoms with Crippen molar-refractivity contribution in [2.45, 2.75) is 57.0 Å². The maximum Gasteiger partial charge on any atom is 0.416 e. The Morgan fingerprint density at radius 1 is 1.06 bits per heavy atom. The van der Waals surface area contributed by atoms with Crippen LogP contribution in [0.4, 0.5) is 30.6 Å². The van der Waals surface area contributed by atoms with E-state index in [-0.39, 0.29) is 11.6 Å². The van der Waals surface area contributed by atoms with Crippen molar-refractivity contribution < 1.29 is 13.2 Å². The van der Waals surface area contributed by atoms with Crippen molar-refractivity contribution in [3.8, 4) is 0 Å². The van der Waals surface area contributed by atoms with Gasteiger partial charge < -0.3 is 16.0 Å². The molecule has 1 aromatic heterocycles. The van der Waals surface area contributed by atoms with Gasteiger partial charge >= 0.3 is 6.18 Å². The van der Waals surface area contributed by atoms with E-state index in [9.17, 15) is 13.2 Å². The van der Waals surface area contributed by atoms with E-state index in [0.717, 1.165) is 49.5 Å². The highest BCUT2D eigenvalue weighted by atomic mass is 19.4. The molecule has 0 amide bonds. The highest BCUT2D eigenvalue weighted by Gasteiger charge is 2.30. The lowest BCUT2D eigenvalue weighted by molar-refractivity contribution is -0.137. The molecule has 1 aromatic carbocycles. The molecule has 8 heteroatoms. The predicted molar refractivity (Wildman–Crippen MR) is 116 cm³/mol. The van der Waals surface area contributed by atoms with Crippen LogP contribution in [0.2, 0.25) is 0 Å². The lowest BCUT2D eigenvalue weighted by atomic mass is 9.87. The van der Waals surface area contributed by atoms with Crippen LogP contribution in [-0.4, -0.2) is 34.5 Å². The molecule has 3 N–H and O–H groups in total. The van der Waals surface area contributed by atoms with Gasteiger partial charge in [-0.25, -0.2) is 4.98 Å². The van der Waals surface area contributed by atoms with E-state index in [1.165, 1.54) is 44.7 Å². The number of nitrogens with zero attached hydrogens (tertiary/aromatic N) is 3. The maximum atomic E-state index is 12.9. The summed E-state index contributed by atoms with van der Waals surface area (Å²) in [5, 5.41) is 2.83. The number of nitrogens with two attached hydrogens (primary N) is 1. The fourth-order valence-electron chi connectivity index (χ4n) is 4.84. The van der Waals surface area contributed by atoms with Crippen LogP contribution in [0.25, 0.3) is 0 Å². The number of rotatable bonds is 5. The molecule has 1 saturated heterocycles. The van der Waals surface area contributed by atoms with Gasteiger partial charge in [-0.15, -0.1) is 0 Å². The second kappa shape index (κ2) is 9.42. The highest BCUT2D eigenvalue weighted by Crippen LogP contribution is 2.34. The summed E-state index contributed by atoms with van der Waals surface area (Å²) in [4.78, 5) is 11.2. The molecule has 0 bridgehead atoms. The average Bonchev–Trinajstić information content (AvgIpc) is 2.75. The topological polar surface area (TPSA) is 67.1 Å². The van der Waals surface area contributed by atoms with Crippen LogP contribution in [0.1, 0.15) is 62.0 Å². The van der Waals surface area contributed by atoms with E-state index in [2.05, 4.69) is 20.2 Å². The molecule has 31 heavy (non-hydrogen) atoms. The molecule has 2 heterocycles. The van der Waals surface area contributed by atoms with Gasteiger partial charge in [0.05, 0.1) is 5.56 Å². The number of hydrogen-bond donors (Lipinski definition) is 2. The molecule has 1 saturated carbocycles. The van der Waals surface area contributed by atoms with Crippen LogP contribution >= 0.6 is 0 Å². The molecular weight excluding hydrogens is 403 g/mol. The van der Waals surface area contributed by atoms with E-state index >= 15 is 0 Å². The average molecular weight is 434 g/mol. The molecule has 1 aliphatic heterocycles. The van der Waals surface area contributed by atoms with Crippen LogP contribution in [0, 0.1) is 5.92 Å². The Morgan fingerprint density at radius 2 is 1.81 bits per heavy atom. The Morgan fingerprint density at radius 3 is 2.48 bits per heavy atom. The molecule has 1 aliphatic carbocycles. The third-order valence-electron chi connectivity index (χ3n) is 6.56. The molecule has 0 atom stereocenters. The largest absolute Gasteiger partial charge is 0.416 e. The van der Waals surface area contributed by atoms with E-state index < -0.39 is 11.7 Å². The number of aromatic nitrogens is 2. The zero-order valence-corrected chi connectivity index (χ0v) is 17.7. The standard InChI is InChI=1S/C23H30F3N5/c24-23(25,26)18-7-4-8-19(13-18)29-22-28-14-20(21(27)30-22)17-9-11-31(12-10-17)15-16-5-2-1-3-6-16/h4,7-8,13-14,16-17H,1-3,5-6,9-12,15H2,(H3,27,28,29,30). The molecule has 0 radical (unpaired) electrons. The van der Waals surface area contributed by atoms with Gasteiger partial charge in [-0.3, -0.25) is 0 Å². The molecule has 0 unspecified atom stereocenters. The van der Waals surface area contributed by atoms with Gasteiger partial charge in [0, 0.05) is 24.0 Å². The maximum absolute atomic E-state index is 12.9. The van der Waals surface area contributed by atoms with E-state index in [1.54, 1.807) is 12.3 Å². The van der Waals surface area contributed by atoms with Crippen LogP contribution in [0.5, 0.6) is 0 Å². The monoisotopic (exact) mass is 433 g/mol. The minimum atomic E-state index is -4.40. The van der Waals surface area contributed by atoms with Crippen molar-refractivity contribution >= 4 is 17.5 Å². The lowest BCUT2D eigenvalue weighted by Gasteiger charge is -2.35. The second-order valence-corrected chi connectivity index (χ2v) is 8.82. The van der Waals surface area contributed by atoms with Gasteiger partial charge in [0.15, 0.2) is 0 Å². The summed E-state index contributed by atoms with van der Waals surface area (Å²) < 4.78 is 38.7. The van der Waals surface area contributed by atoms with Crippen molar-refractivity contribution in [1.82, 2.24) is 14.9 Å². The molecule has 2 aromatic rings. The van der Waals surface area contributed by atoms with Gasteiger partial charge in [-0.1, -0.05) is 25.3 Å². The van der Waals surface area contributed by atoms with Crippen LogP contribution in [0.3, 0.4) is 0 Å². The first-order valence-corrected chi connectivity index (χ1v) is 11.2. The van der Waals surface area contributed by atoms with Gasteiger partial charge in [0.1, 0.15) is 5.82 Å². The number of anilines is 3. The first kappa shape index (κ1) is 21.9. The Kier molecular flexibility index (Phi) is 6.65. The number of benzene rings is 1. The molecule has 168 valence electrons. The second-order valence-electron chi connectivity index (χ2n) is 8.82. The smallest absolute Gasteiger partial charge is 0.383 e. The number of alkyl halides is 3. The summed E-state index contributed by atoms with van der Waals surface area (Å²) in [6, 6.07) is 4.97. The number of piperidine rings is 1. The SMILES string of the molecule is Nc1nc(Nc2cccc(C(F)(F)F)c2)ncc1C1CCN(CC2CCCCC2)CC1. The Bertz CT molecular complexity index is 872. The van der Waals surface area contributed by atoms with E-state index in [4.69, 9.17) is 5.73 Å². The normalized spacial score (nSPS) is 19.5. The van der Waals surface area contributed by atoms with Crippen molar-refractivity contribution in [3.63, 3.8) is 0 Å². The minimum absolute atomic E-state index is 0.204. The number of nitrogens with one attached hydrogen (secondary N) is 1. The molecule has 5 nitrogen and oxygen atoms in total. The summed E-state index contributed by atoms with van der Waals surface area (Å²) in [6.45, 7) is 3.33. The minimum Gasteiger partial charge on any atom is -0.383 e. The number of hydrogen-bond acceptors (Lipinski definition) is 5. The predicted octanol–water partition coefficient (Wildman–Crippen LogP) is 5.58. The first-order valence-electron chi connectivity index (χ1n) is 11.2. The van der Waals surface area contributed by atoms with Crippen molar-refractivity contribution in [1.29, 1.82) is 0 Å². The van der Waals surface area contributed by atoms with Crippen molar-refractivity contribution in [2.75, 3.05) is 30.7 Å². The molecular formula is C23H30F3N5. The molecule has 4 rings (SSSR count). The Labute approximate surface area is 181 Å². The van der Waals surface area contributed by atoms with Gasteiger partial charge in [0.2, 0.25) is 5.95 Å². The van der Waals surface area contributed by atoms with Gasteiger partial charge in [-0.05, 0) is 68.8 Å². The number of nitrogen functional groups attached to an aromatic ring is 1. The zero-order valence-electron chi connectivity index (χ0n) is 17.7. The van der Waals surface area contributed by atoms with E-state index in [0.29, 0.717) is 11.7 Å². The number of halogens is 3. The lowest BCUT2D eigenvalue weighted by Crippen LogP contribution is -2.37. The van der Waals surface area contributed by atoms with Crippen LogP contribution < -0.4 is 11.1 Å². The quantitative estimate of drug-likeness (QED) is 0.644. The summed E-state index contributed by atoms with van der Waals surface area (Å²) in [6.07, 6.45) is 6.23. The summed E-state index contributed by atoms with van der Waals surface area (Å²) >= 11 is 0. The van der Waals surface area contributed by atoms with Gasteiger partial charge in [0.25, 0.3) is 0 Å². The fourth-order valence-corrected chi connectivity index (χ4v) is 4.84. The van der Waals surface area contributed by atoms with Crippen molar-refractivity contribution in [3.05, 3.63) is 41.6 Å². The van der Waals surface area contributed by atoms with Crippen LogP contribution in [0.15, 0.2) is 30.5 Å². The molecule has 2 aliphatic rings. The third kappa shape index (κ3) is 5.67. The summed E-state index contributed by atoms with van der Waals surface area (Å²) in [7, 11) is 0. The molecule has 0 spiro atoms. The Balaban J connectivity index is 1.35.